The largest absolute Gasteiger partial charge is 0.490 e. The highest BCUT2D eigenvalue weighted by Gasteiger charge is 2.31. The lowest BCUT2D eigenvalue weighted by Gasteiger charge is -2.35. The van der Waals surface area contributed by atoms with Crippen LogP contribution in [0.15, 0.2) is 72.8 Å². The lowest BCUT2D eigenvalue weighted by Crippen LogP contribution is -2.48. The number of aliphatic hydroxyl groups excluding tert-OH is 1. The molecule has 0 radical (unpaired) electrons. The molecule has 3 aromatic rings. The van der Waals surface area contributed by atoms with Crippen molar-refractivity contribution in [2.24, 2.45) is 5.92 Å². The highest BCUT2D eigenvalue weighted by molar-refractivity contribution is 6.02. The zero-order chi connectivity index (χ0) is 34.6. The third kappa shape index (κ3) is 10.4. The van der Waals surface area contributed by atoms with Gasteiger partial charge in [0.15, 0.2) is 0 Å². The lowest BCUT2D eigenvalue weighted by atomic mass is 10.0. The van der Waals surface area contributed by atoms with E-state index in [4.69, 9.17) is 9.47 Å². The van der Waals surface area contributed by atoms with Gasteiger partial charge in [-0.2, -0.15) is 0 Å². The summed E-state index contributed by atoms with van der Waals surface area (Å²) < 4.78 is 25.9. The Labute approximate surface area is 281 Å². The van der Waals surface area contributed by atoms with Gasteiger partial charge in [-0.3, -0.25) is 4.79 Å². The molecule has 5 amide bonds. The van der Waals surface area contributed by atoms with Crippen molar-refractivity contribution >= 4 is 35.0 Å². The van der Waals surface area contributed by atoms with Gasteiger partial charge in [-0.05, 0) is 87.7 Å². The van der Waals surface area contributed by atoms with Gasteiger partial charge < -0.3 is 40.3 Å². The van der Waals surface area contributed by atoms with Crippen LogP contribution in [0.3, 0.4) is 0 Å². The summed E-state index contributed by atoms with van der Waals surface area (Å²) in [4.78, 5) is 43.2. The minimum absolute atomic E-state index is 0.216. The molecule has 0 bridgehead atoms. The van der Waals surface area contributed by atoms with Crippen LogP contribution in [0, 0.1) is 11.7 Å². The summed E-state index contributed by atoms with van der Waals surface area (Å²) in [6.45, 7) is 6.34. The Hall–Kier alpha value is -4.68. The smallest absolute Gasteiger partial charge is 0.323 e. The molecule has 1 heterocycles. The molecule has 0 saturated heterocycles. The van der Waals surface area contributed by atoms with Crippen molar-refractivity contribution in [3.05, 3.63) is 84.2 Å². The summed E-state index contributed by atoms with van der Waals surface area (Å²) in [6.07, 6.45) is 1.70. The molecule has 0 saturated carbocycles. The van der Waals surface area contributed by atoms with E-state index in [-0.39, 0.29) is 49.2 Å². The number of nitrogens with zero attached hydrogens (tertiary/aromatic N) is 2. The number of hydrogen-bond donors (Lipinski definition) is 4. The van der Waals surface area contributed by atoms with Crippen LogP contribution in [0.4, 0.5) is 31.0 Å². The van der Waals surface area contributed by atoms with Gasteiger partial charge in [0, 0.05) is 49.7 Å². The number of fused-ring (bicyclic) bond motifs is 1. The second-order valence-electron chi connectivity index (χ2n) is 12.3. The van der Waals surface area contributed by atoms with Crippen LogP contribution in [0.1, 0.15) is 50.4 Å². The maximum Gasteiger partial charge on any atom is 0.323 e. The SMILES string of the molecule is C[C@@H]1CCCCO[C@H](CN(C)C(=O)Nc2ccccc2)[C@H](C)CN([C@@H](C)CO)C(=O)c2cc(NC(=O)Nc3ccc(F)cc3)ccc2O1. The number of para-hydroxylation sites is 1. The highest BCUT2D eigenvalue weighted by Crippen LogP contribution is 2.29. The normalized spacial score (nSPS) is 19.6. The first-order valence-electron chi connectivity index (χ1n) is 16.3. The molecular weight excluding hydrogens is 617 g/mol. The molecule has 48 heavy (non-hydrogen) atoms. The Morgan fingerprint density at radius 2 is 1.65 bits per heavy atom. The monoisotopic (exact) mass is 663 g/mol. The van der Waals surface area contributed by atoms with Gasteiger partial charge in [-0.25, -0.2) is 14.0 Å². The summed E-state index contributed by atoms with van der Waals surface area (Å²) in [5, 5.41) is 18.5. The minimum atomic E-state index is -0.571. The first-order valence-corrected chi connectivity index (χ1v) is 16.3. The average molecular weight is 664 g/mol. The summed E-state index contributed by atoms with van der Waals surface area (Å²) in [5.74, 6) is -0.681. The lowest BCUT2D eigenvalue weighted by molar-refractivity contribution is -0.0115. The van der Waals surface area contributed by atoms with Gasteiger partial charge in [-0.15, -0.1) is 0 Å². The molecule has 1 aliphatic rings. The molecule has 12 heteroatoms. The summed E-state index contributed by atoms with van der Waals surface area (Å²) >= 11 is 0. The third-order valence-electron chi connectivity index (χ3n) is 8.24. The predicted octanol–water partition coefficient (Wildman–Crippen LogP) is 6.43. The van der Waals surface area contributed by atoms with Crippen molar-refractivity contribution in [2.45, 2.75) is 58.3 Å². The predicted molar refractivity (Wildman–Crippen MR) is 184 cm³/mol. The van der Waals surface area contributed by atoms with E-state index in [0.29, 0.717) is 35.8 Å². The van der Waals surface area contributed by atoms with Crippen LogP contribution in [-0.2, 0) is 4.74 Å². The second kappa shape index (κ2) is 17.5. The van der Waals surface area contributed by atoms with E-state index in [1.165, 1.54) is 24.3 Å². The third-order valence-corrected chi connectivity index (χ3v) is 8.24. The fourth-order valence-corrected chi connectivity index (χ4v) is 5.38. The topological polar surface area (TPSA) is 132 Å². The molecule has 4 rings (SSSR count). The van der Waals surface area contributed by atoms with Gasteiger partial charge in [0.2, 0.25) is 0 Å². The van der Waals surface area contributed by atoms with Crippen molar-refractivity contribution < 1.29 is 33.4 Å². The van der Waals surface area contributed by atoms with Gasteiger partial charge >= 0.3 is 12.1 Å². The maximum absolute atomic E-state index is 14.3. The molecule has 0 aliphatic carbocycles. The van der Waals surface area contributed by atoms with Crippen LogP contribution in [0.25, 0.3) is 0 Å². The van der Waals surface area contributed by atoms with Crippen molar-refractivity contribution in [1.82, 2.24) is 9.80 Å². The molecule has 258 valence electrons. The Bertz CT molecular complexity index is 1510. The Balaban J connectivity index is 1.57. The molecule has 0 aromatic heterocycles. The summed E-state index contributed by atoms with van der Waals surface area (Å²) in [5.41, 5.74) is 1.65. The van der Waals surface area contributed by atoms with E-state index in [2.05, 4.69) is 16.0 Å². The number of halogens is 1. The van der Waals surface area contributed by atoms with Gasteiger partial charge in [-0.1, -0.05) is 25.1 Å². The number of carbonyl (C=O) groups is 3. The van der Waals surface area contributed by atoms with E-state index in [1.807, 2.05) is 44.2 Å². The zero-order valence-corrected chi connectivity index (χ0v) is 27.9. The molecule has 11 nitrogen and oxygen atoms in total. The zero-order valence-electron chi connectivity index (χ0n) is 27.9. The molecule has 4 N–H and O–H groups in total. The number of rotatable bonds is 7. The van der Waals surface area contributed by atoms with Gasteiger partial charge in [0.05, 0.1) is 30.4 Å². The Morgan fingerprint density at radius 3 is 2.35 bits per heavy atom. The van der Waals surface area contributed by atoms with Crippen LogP contribution >= 0.6 is 0 Å². The highest BCUT2D eigenvalue weighted by atomic mass is 19.1. The number of ether oxygens (including phenoxy) is 2. The van der Waals surface area contributed by atoms with Crippen molar-refractivity contribution in [1.29, 1.82) is 0 Å². The maximum atomic E-state index is 14.3. The number of amides is 5. The van der Waals surface area contributed by atoms with E-state index < -0.39 is 24.0 Å². The van der Waals surface area contributed by atoms with Gasteiger partial charge in [0.25, 0.3) is 5.91 Å². The molecule has 0 fully saturated rings. The van der Waals surface area contributed by atoms with Gasteiger partial charge in [0.1, 0.15) is 11.6 Å². The number of nitrogens with one attached hydrogen (secondary N) is 3. The molecule has 0 spiro atoms. The molecule has 0 unspecified atom stereocenters. The number of urea groups is 2. The van der Waals surface area contributed by atoms with Crippen LogP contribution in [0.5, 0.6) is 5.75 Å². The van der Waals surface area contributed by atoms with E-state index >= 15 is 0 Å². The quantitative estimate of drug-likeness (QED) is 0.230. The second-order valence-corrected chi connectivity index (χ2v) is 12.3. The van der Waals surface area contributed by atoms with Crippen molar-refractivity contribution in [2.75, 3.05) is 49.3 Å². The van der Waals surface area contributed by atoms with Crippen molar-refractivity contribution in [3.8, 4) is 5.75 Å². The number of carbonyl (C=O) groups excluding carboxylic acids is 3. The molecule has 3 aromatic carbocycles. The van der Waals surface area contributed by atoms with Crippen LogP contribution in [0.2, 0.25) is 0 Å². The number of likely N-dealkylation sites (N-methyl/N-ethyl adjacent to an activating group) is 1. The Kier molecular flexibility index (Phi) is 13.2. The molecular formula is C36H46FN5O6. The summed E-state index contributed by atoms with van der Waals surface area (Å²) in [6, 6.07) is 18.0. The first-order chi connectivity index (χ1) is 23.0. The minimum Gasteiger partial charge on any atom is -0.490 e. The number of benzene rings is 3. The molecule has 4 atom stereocenters. The van der Waals surface area contributed by atoms with E-state index in [9.17, 15) is 23.9 Å². The fraction of sp³-hybridized carbons (Fsp3) is 0.417. The van der Waals surface area contributed by atoms with Crippen LogP contribution in [-0.4, -0.2) is 84.5 Å². The molecule has 1 aliphatic heterocycles. The standard InChI is InChI=1S/C36H46FN5O6/c1-24-21-42(25(2)23-43)34(44)31-20-30(39-35(45)38-29-15-13-27(37)14-16-29)17-18-32(31)48-26(3)10-8-9-19-47-33(24)22-41(4)36(46)40-28-11-6-5-7-12-28/h5-7,11-18,20,24-26,33,43H,8-10,19,21-23H2,1-4H3,(H,40,46)(H2,38,39,45)/t24-,25+,26-,33-/m1/s1. The number of anilines is 3. The average Bonchev–Trinajstić information content (AvgIpc) is 3.07. The van der Waals surface area contributed by atoms with Crippen LogP contribution < -0.4 is 20.7 Å². The van der Waals surface area contributed by atoms with E-state index in [0.717, 1.165) is 12.8 Å². The number of hydrogen-bond acceptors (Lipinski definition) is 6. The number of aliphatic hydroxyl groups is 1. The Morgan fingerprint density at radius 1 is 0.979 bits per heavy atom. The fourth-order valence-electron chi connectivity index (χ4n) is 5.38. The first kappa shape index (κ1) is 36.2. The summed E-state index contributed by atoms with van der Waals surface area (Å²) in [7, 11) is 1.70. The van der Waals surface area contributed by atoms with E-state index in [1.54, 1.807) is 42.0 Å². The van der Waals surface area contributed by atoms with Crippen molar-refractivity contribution in [3.63, 3.8) is 0 Å².